The number of furan rings is 1. The van der Waals surface area contributed by atoms with E-state index in [0.717, 1.165) is 0 Å². The highest BCUT2D eigenvalue weighted by atomic mass is 35.5. The second-order valence-corrected chi connectivity index (χ2v) is 9.54. The molecule has 0 spiro atoms. The van der Waals surface area contributed by atoms with Crippen LogP contribution in [0, 0.1) is 6.92 Å². The molecule has 2 atom stereocenters. The number of carbonyl (C=O) groups is 2. The zero-order valence-electron chi connectivity index (χ0n) is 15.9. The average Bonchev–Trinajstić information content (AvgIpc) is 3.16. The fourth-order valence-corrected chi connectivity index (χ4v) is 5.46. The van der Waals surface area contributed by atoms with Gasteiger partial charge in [-0.3, -0.25) is 4.79 Å². The summed E-state index contributed by atoms with van der Waals surface area (Å²) in [6, 6.07) is 4.80. The third-order valence-electron chi connectivity index (χ3n) is 5.01. The molecule has 1 aromatic heterocycles. The molecule has 0 saturated carbocycles. The molecule has 0 radical (unpaired) electrons. The molecule has 152 valence electrons. The van der Waals surface area contributed by atoms with Crippen molar-refractivity contribution < 1.29 is 27.2 Å². The highest BCUT2D eigenvalue weighted by molar-refractivity contribution is 7.91. The summed E-state index contributed by atoms with van der Waals surface area (Å²) in [7, 11) is -3.13. The second-order valence-electron chi connectivity index (χ2n) is 6.90. The Bertz CT molecular complexity index is 1030. The third kappa shape index (κ3) is 3.89. The standard InChI is InChI=1S/C19H22ClNO6S/c1-4-21(13-8-9-28(24,25)10-13)18(22)12(3)26-19(23)16-11(2)14-6-5-7-15(20)17(14)27-16/h5-7,12-13H,4,8-10H2,1-3H3. The van der Waals surface area contributed by atoms with Crippen LogP contribution in [0.3, 0.4) is 0 Å². The number of para-hydroxylation sites is 1. The lowest BCUT2D eigenvalue weighted by Gasteiger charge is -2.29. The molecule has 1 aromatic carbocycles. The zero-order valence-corrected chi connectivity index (χ0v) is 17.5. The summed E-state index contributed by atoms with van der Waals surface area (Å²) in [6.07, 6.45) is -0.678. The van der Waals surface area contributed by atoms with Gasteiger partial charge in [0.25, 0.3) is 5.91 Å². The number of likely N-dealkylation sites (N-methyl/N-ethyl adjacent to an activating group) is 1. The number of hydrogen-bond acceptors (Lipinski definition) is 6. The molecule has 2 unspecified atom stereocenters. The molecule has 7 nitrogen and oxygen atoms in total. The van der Waals surface area contributed by atoms with Gasteiger partial charge in [0.05, 0.1) is 16.5 Å². The second kappa shape index (κ2) is 7.75. The van der Waals surface area contributed by atoms with E-state index in [4.69, 9.17) is 20.8 Å². The maximum atomic E-state index is 12.8. The van der Waals surface area contributed by atoms with E-state index in [2.05, 4.69) is 0 Å². The maximum absolute atomic E-state index is 12.8. The quantitative estimate of drug-likeness (QED) is 0.681. The summed E-state index contributed by atoms with van der Waals surface area (Å²) in [5.41, 5.74) is 0.968. The summed E-state index contributed by atoms with van der Waals surface area (Å²) in [5, 5.41) is 1.08. The van der Waals surface area contributed by atoms with E-state index in [1.54, 1.807) is 32.0 Å². The molecule has 3 rings (SSSR count). The largest absolute Gasteiger partial charge is 0.447 e. The molecule has 9 heteroatoms. The van der Waals surface area contributed by atoms with Crippen LogP contribution in [-0.4, -0.2) is 55.4 Å². The Labute approximate surface area is 168 Å². The molecule has 1 aliphatic heterocycles. The van der Waals surface area contributed by atoms with Gasteiger partial charge >= 0.3 is 5.97 Å². The monoisotopic (exact) mass is 427 g/mol. The van der Waals surface area contributed by atoms with Crippen LogP contribution >= 0.6 is 11.6 Å². The predicted octanol–water partition coefficient (Wildman–Crippen LogP) is 2.98. The molecule has 2 heterocycles. The summed E-state index contributed by atoms with van der Waals surface area (Å²) >= 11 is 6.10. The van der Waals surface area contributed by atoms with Crippen molar-refractivity contribution in [1.82, 2.24) is 4.90 Å². The number of fused-ring (bicyclic) bond motifs is 1. The van der Waals surface area contributed by atoms with E-state index < -0.39 is 33.9 Å². The van der Waals surface area contributed by atoms with E-state index in [0.29, 0.717) is 34.5 Å². The van der Waals surface area contributed by atoms with Gasteiger partial charge in [0.15, 0.2) is 21.5 Å². The van der Waals surface area contributed by atoms with Crippen LogP contribution in [0.2, 0.25) is 5.02 Å². The minimum absolute atomic E-state index is 0.00533. The molecular formula is C19H22ClNO6S. The predicted molar refractivity (Wildman–Crippen MR) is 105 cm³/mol. The van der Waals surface area contributed by atoms with E-state index in [9.17, 15) is 18.0 Å². The Morgan fingerprint density at radius 1 is 1.39 bits per heavy atom. The first-order chi connectivity index (χ1) is 13.1. The molecule has 0 bridgehead atoms. The number of benzene rings is 1. The summed E-state index contributed by atoms with van der Waals surface area (Å²) in [6.45, 7) is 5.28. The van der Waals surface area contributed by atoms with Gasteiger partial charge in [-0.2, -0.15) is 0 Å². The van der Waals surface area contributed by atoms with Gasteiger partial charge < -0.3 is 14.1 Å². The average molecular weight is 428 g/mol. The smallest absolute Gasteiger partial charge is 0.375 e. The lowest BCUT2D eigenvalue weighted by molar-refractivity contribution is -0.141. The van der Waals surface area contributed by atoms with Gasteiger partial charge in [-0.05, 0) is 33.3 Å². The Morgan fingerprint density at radius 2 is 2.11 bits per heavy atom. The molecule has 1 amide bonds. The van der Waals surface area contributed by atoms with Crippen LogP contribution < -0.4 is 0 Å². The summed E-state index contributed by atoms with van der Waals surface area (Å²) in [4.78, 5) is 26.8. The Balaban J connectivity index is 1.76. The van der Waals surface area contributed by atoms with Crippen molar-refractivity contribution in [3.8, 4) is 0 Å². The van der Waals surface area contributed by atoms with E-state index in [1.165, 1.54) is 11.8 Å². The summed E-state index contributed by atoms with van der Waals surface area (Å²) in [5.74, 6) is -1.19. The molecular weight excluding hydrogens is 406 g/mol. The summed E-state index contributed by atoms with van der Waals surface area (Å²) < 4.78 is 34.3. The first kappa shape index (κ1) is 20.7. The van der Waals surface area contributed by atoms with Crippen LogP contribution in [0.1, 0.15) is 36.4 Å². The van der Waals surface area contributed by atoms with Gasteiger partial charge in [0.1, 0.15) is 0 Å². The van der Waals surface area contributed by atoms with Crippen molar-refractivity contribution >= 4 is 44.3 Å². The minimum Gasteiger partial charge on any atom is -0.447 e. The van der Waals surface area contributed by atoms with Gasteiger partial charge in [-0.1, -0.05) is 23.7 Å². The van der Waals surface area contributed by atoms with Gasteiger partial charge in [-0.25, -0.2) is 13.2 Å². The lowest BCUT2D eigenvalue weighted by Crippen LogP contribution is -2.46. The SMILES string of the molecule is CCN(C(=O)C(C)OC(=O)c1oc2c(Cl)cccc2c1C)C1CCS(=O)(=O)C1. The highest BCUT2D eigenvalue weighted by Crippen LogP contribution is 2.31. The Morgan fingerprint density at radius 3 is 2.68 bits per heavy atom. The van der Waals surface area contributed by atoms with E-state index in [-0.39, 0.29) is 17.3 Å². The van der Waals surface area contributed by atoms with Gasteiger partial charge in [0.2, 0.25) is 5.76 Å². The Kier molecular flexibility index (Phi) is 5.72. The number of hydrogen-bond donors (Lipinski definition) is 0. The number of amides is 1. The number of nitrogens with zero attached hydrogens (tertiary/aromatic N) is 1. The van der Waals surface area contributed by atoms with Crippen LogP contribution in [0.15, 0.2) is 22.6 Å². The number of ether oxygens (including phenoxy) is 1. The van der Waals surface area contributed by atoms with Crippen LogP contribution in [-0.2, 0) is 19.4 Å². The van der Waals surface area contributed by atoms with Crippen LogP contribution in [0.4, 0.5) is 0 Å². The highest BCUT2D eigenvalue weighted by Gasteiger charge is 2.36. The van der Waals surface area contributed by atoms with Gasteiger partial charge in [0, 0.05) is 23.5 Å². The maximum Gasteiger partial charge on any atom is 0.375 e. The number of sulfone groups is 1. The molecule has 1 saturated heterocycles. The normalized spacial score (nSPS) is 19.5. The molecule has 0 aliphatic carbocycles. The lowest BCUT2D eigenvalue weighted by atomic mass is 10.1. The fourth-order valence-electron chi connectivity index (χ4n) is 3.52. The Hall–Kier alpha value is -2.06. The molecule has 1 fully saturated rings. The van der Waals surface area contributed by atoms with E-state index in [1.807, 2.05) is 0 Å². The number of rotatable bonds is 5. The van der Waals surface area contributed by atoms with Crippen molar-refractivity contribution in [2.24, 2.45) is 0 Å². The van der Waals surface area contributed by atoms with Crippen molar-refractivity contribution in [2.45, 2.75) is 39.3 Å². The first-order valence-corrected chi connectivity index (χ1v) is 11.2. The van der Waals surface area contributed by atoms with Crippen LogP contribution in [0.25, 0.3) is 11.0 Å². The first-order valence-electron chi connectivity index (χ1n) is 9.04. The number of carbonyl (C=O) groups excluding carboxylic acids is 2. The number of esters is 1. The molecule has 0 N–H and O–H groups in total. The van der Waals surface area contributed by atoms with Crippen LogP contribution in [0.5, 0.6) is 0 Å². The van der Waals surface area contributed by atoms with E-state index >= 15 is 0 Å². The third-order valence-corrected chi connectivity index (χ3v) is 7.05. The topological polar surface area (TPSA) is 93.9 Å². The number of halogens is 1. The molecule has 28 heavy (non-hydrogen) atoms. The number of aryl methyl sites for hydroxylation is 1. The molecule has 2 aromatic rings. The molecule has 1 aliphatic rings. The fraction of sp³-hybridized carbons (Fsp3) is 0.474. The van der Waals surface area contributed by atoms with Crippen molar-refractivity contribution in [3.63, 3.8) is 0 Å². The van der Waals surface area contributed by atoms with Crippen molar-refractivity contribution in [3.05, 3.63) is 34.5 Å². The van der Waals surface area contributed by atoms with Crippen molar-refractivity contribution in [1.29, 1.82) is 0 Å². The van der Waals surface area contributed by atoms with Crippen molar-refractivity contribution in [2.75, 3.05) is 18.1 Å². The zero-order chi connectivity index (χ0) is 20.6. The van der Waals surface area contributed by atoms with Gasteiger partial charge in [-0.15, -0.1) is 0 Å². The minimum atomic E-state index is -3.13.